The first-order chi connectivity index (χ1) is 14.1. The smallest absolute Gasteiger partial charge is 0.251 e. The highest BCUT2D eigenvalue weighted by Gasteiger charge is 2.07. The summed E-state index contributed by atoms with van der Waals surface area (Å²) in [6.07, 6.45) is 2.44. The second-order valence-corrected chi connectivity index (χ2v) is 6.85. The molecule has 0 spiro atoms. The Labute approximate surface area is 169 Å². The number of aromatic nitrogens is 1. The van der Waals surface area contributed by atoms with Crippen LogP contribution in [0, 0.1) is 0 Å². The Bertz CT molecular complexity index is 1040. The van der Waals surface area contributed by atoms with Crippen LogP contribution < -0.4 is 20.3 Å². The molecule has 2 N–H and O–H groups in total. The summed E-state index contributed by atoms with van der Waals surface area (Å²) < 4.78 is 10.5. The topological polar surface area (TPSA) is 80.4 Å². The zero-order chi connectivity index (χ0) is 20.6. The summed E-state index contributed by atoms with van der Waals surface area (Å²) >= 11 is 0. The number of methoxy groups -OCH3 is 2. The van der Waals surface area contributed by atoms with E-state index in [1.807, 2.05) is 48.5 Å². The molecule has 0 saturated carbocycles. The molecule has 0 radical (unpaired) electrons. The summed E-state index contributed by atoms with van der Waals surface area (Å²) in [5.41, 5.74) is 2.49. The van der Waals surface area contributed by atoms with Gasteiger partial charge in [0.05, 0.1) is 14.2 Å². The fraction of sp³-hybridized carbons (Fsp3) is 0.304. The molecule has 0 aliphatic heterocycles. The van der Waals surface area contributed by atoms with Crippen LogP contribution in [0.1, 0.15) is 24.0 Å². The number of carbonyl (C=O) groups is 1. The maximum Gasteiger partial charge on any atom is 0.251 e. The van der Waals surface area contributed by atoms with Gasteiger partial charge >= 0.3 is 0 Å². The molecule has 6 nitrogen and oxygen atoms in total. The van der Waals surface area contributed by atoms with Gasteiger partial charge in [-0.15, -0.1) is 0 Å². The van der Waals surface area contributed by atoms with Crippen molar-refractivity contribution in [3.8, 4) is 11.5 Å². The van der Waals surface area contributed by atoms with Gasteiger partial charge in [0.2, 0.25) is 5.91 Å². The number of ether oxygens (including phenoxy) is 2. The van der Waals surface area contributed by atoms with E-state index >= 15 is 0 Å². The molecule has 0 atom stereocenters. The van der Waals surface area contributed by atoms with Gasteiger partial charge in [0.1, 0.15) is 0 Å². The highest BCUT2D eigenvalue weighted by molar-refractivity contribution is 5.78. The zero-order valence-corrected chi connectivity index (χ0v) is 16.8. The normalized spacial score (nSPS) is 10.7. The standard InChI is InChI=1S/C23H26N2O4/c1-28-20-11-10-16(14-21(20)29-2)6-5-9-22(26)24-13-12-18-15-17-7-3-4-8-19(17)25-23(18)27/h3-4,7-8,10-11,14-15H,5-6,9,12-13H2,1-2H3,(H,24,26)(H,25,27). The van der Waals surface area contributed by atoms with Crippen LogP contribution in [0.3, 0.4) is 0 Å². The summed E-state index contributed by atoms with van der Waals surface area (Å²) in [6, 6.07) is 15.3. The number of nitrogens with one attached hydrogen (secondary N) is 2. The predicted molar refractivity (Wildman–Crippen MR) is 114 cm³/mol. The van der Waals surface area contributed by atoms with E-state index in [1.54, 1.807) is 14.2 Å². The lowest BCUT2D eigenvalue weighted by molar-refractivity contribution is -0.121. The number of carbonyl (C=O) groups excluding carboxylic acids is 1. The number of H-pyrrole nitrogens is 1. The number of para-hydroxylation sites is 1. The van der Waals surface area contributed by atoms with Gasteiger partial charge in [-0.3, -0.25) is 9.59 Å². The highest BCUT2D eigenvalue weighted by Crippen LogP contribution is 2.28. The lowest BCUT2D eigenvalue weighted by Crippen LogP contribution is -2.27. The van der Waals surface area contributed by atoms with Crippen molar-refractivity contribution in [3.63, 3.8) is 0 Å². The Morgan fingerprint density at radius 3 is 2.59 bits per heavy atom. The number of fused-ring (bicyclic) bond motifs is 1. The van der Waals surface area contributed by atoms with Crippen molar-refractivity contribution in [1.82, 2.24) is 10.3 Å². The maximum atomic E-state index is 12.1. The molecule has 0 aliphatic rings. The number of benzene rings is 2. The molecular formula is C23H26N2O4. The third kappa shape index (κ3) is 5.38. The first-order valence-corrected chi connectivity index (χ1v) is 9.69. The summed E-state index contributed by atoms with van der Waals surface area (Å²) in [5, 5.41) is 3.89. The number of rotatable bonds is 9. The lowest BCUT2D eigenvalue weighted by atomic mass is 10.1. The Morgan fingerprint density at radius 1 is 1.00 bits per heavy atom. The molecule has 3 rings (SSSR count). The Kier molecular flexibility index (Phi) is 6.89. The van der Waals surface area contributed by atoms with Crippen LogP contribution in [-0.2, 0) is 17.6 Å². The minimum Gasteiger partial charge on any atom is -0.493 e. The second kappa shape index (κ2) is 9.78. The molecule has 0 aliphatic carbocycles. The van der Waals surface area contributed by atoms with E-state index < -0.39 is 0 Å². The molecule has 0 unspecified atom stereocenters. The molecule has 0 fully saturated rings. The number of pyridine rings is 1. The van der Waals surface area contributed by atoms with Gasteiger partial charge in [0, 0.05) is 24.0 Å². The highest BCUT2D eigenvalue weighted by atomic mass is 16.5. The van der Waals surface area contributed by atoms with Crippen LogP contribution in [0.25, 0.3) is 10.9 Å². The average Bonchev–Trinajstić information content (AvgIpc) is 2.74. The van der Waals surface area contributed by atoms with Crippen molar-refractivity contribution >= 4 is 16.8 Å². The van der Waals surface area contributed by atoms with Crippen LogP contribution in [-0.4, -0.2) is 31.7 Å². The van der Waals surface area contributed by atoms with Gasteiger partial charge in [0.25, 0.3) is 5.56 Å². The number of aryl methyl sites for hydroxylation is 1. The Balaban J connectivity index is 1.45. The van der Waals surface area contributed by atoms with E-state index in [-0.39, 0.29) is 11.5 Å². The van der Waals surface area contributed by atoms with Gasteiger partial charge in [-0.2, -0.15) is 0 Å². The van der Waals surface area contributed by atoms with Gasteiger partial charge in [-0.25, -0.2) is 0 Å². The van der Waals surface area contributed by atoms with Crippen LogP contribution in [0.2, 0.25) is 0 Å². The van der Waals surface area contributed by atoms with Crippen LogP contribution in [0.4, 0.5) is 0 Å². The molecule has 0 saturated heterocycles. The van der Waals surface area contributed by atoms with E-state index in [4.69, 9.17) is 9.47 Å². The third-order valence-corrected chi connectivity index (χ3v) is 4.86. The van der Waals surface area contributed by atoms with E-state index in [1.165, 1.54) is 0 Å². The number of aromatic amines is 1. The van der Waals surface area contributed by atoms with Crippen molar-refractivity contribution in [3.05, 3.63) is 70.0 Å². The van der Waals surface area contributed by atoms with Crippen LogP contribution >= 0.6 is 0 Å². The van der Waals surface area contributed by atoms with E-state index in [0.717, 1.165) is 29.3 Å². The van der Waals surface area contributed by atoms with Gasteiger partial charge in [-0.05, 0) is 54.5 Å². The minimum absolute atomic E-state index is 0.0114. The number of hydrogen-bond donors (Lipinski definition) is 2. The fourth-order valence-electron chi connectivity index (χ4n) is 3.29. The monoisotopic (exact) mass is 394 g/mol. The van der Waals surface area contributed by atoms with Crippen molar-refractivity contribution in [2.24, 2.45) is 0 Å². The van der Waals surface area contributed by atoms with E-state index in [9.17, 15) is 9.59 Å². The summed E-state index contributed by atoms with van der Waals surface area (Å²) in [4.78, 5) is 27.1. The zero-order valence-electron chi connectivity index (χ0n) is 16.8. The van der Waals surface area contributed by atoms with Gasteiger partial charge in [0.15, 0.2) is 11.5 Å². The molecule has 152 valence electrons. The number of hydrogen-bond acceptors (Lipinski definition) is 4. The third-order valence-electron chi connectivity index (χ3n) is 4.86. The minimum atomic E-state index is -0.105. The molecule has 2 aromatic carbocycles. The molecule has 3 aromatic rings. The Hall–Kier alpha value is -3.28. The fourth-order valence-corrected chi connectivity index (χ4v) is 3.29. The SMILES string of the molecule is COc1ccc(CCCC(=O)NCCc2cc3ccccc3[nH]c2=O)cc1OC. The Morgan fingerprint density at radius 2 is 1.79 bits per heavy atom. The van der Waals surface area contributed by atoms with Gasteiger partial charge in [-0.1, -0.05) is 24.3 Å². The van der Waals surface area contributed by atoms with E-state index in [0.29, 0.717) is 36.4 Å². The molecule has 0 bridgehead atoms. The average molecular weight is 394 g/mol. The van der Waals surface area contributed by atoms with Crippen LogP contribution in [0.15, 0.2) is 53.3 Å². The van der Waals surface area contributed by atoms with Crippen molar-refractivity contribution in [2.45, 2.75) is 25.7 Å². The molecule has 1 heterocycles. The predicted octanol–water partition coefficient (Wildman–Crippen LogP) is 3.23. The first-order valence-electron chi connectivity index (χ1n) is 9.69. The van der Waals surface area contributed by atoms with Gasteiger partial charge < -0.3 is 19.8 Å². The summed E-state index contributed by atoms with van der Waals surface area (Å²) in [6.45, 7) is 0.441. The molecule has 1 aromatic heterocycles. The van der Waals surface area contributed by atoms with Crippen LogP contribution in [0.5, 0.6) is 11.5 Å². The quantitative estimate of drug-likeness (QED) is 0.584. The largest absolute Gasteiger partial charge is 0.493 e. The molecule has 29 heavy (non-hydrogen) atoms. The van der Waals surface area contributed by atoms with Crippen molar-refractivity contribution < 1.29 is 14.3 Å². The van der Waals surface area contributed by atoms with Crippen molar-refractivity contribution in [2.75, 3.05) is 20.8 Å². The second-order valence-electron chi connectivity index (χ2n) is 6.85. The molecular weight excluding hydrogens is 368 g/mol. The molecule has 6 heteroatoms. The maximum absolute atomic E-state index is 12.1. The van der Waals surface area contributed by atoms with E-state index in [2.05, 4.69) is 10.3 Å². The first kappa shape index (κ1) is 20.5. The lowest BCUT2D eigenvalue weighted by Gasteiger charge is -2.10. The summed E-state index contributed by atoms with van der Waals surface area (Å²) in [5.74, 6) is 1.37. The summed E-state index contributed by atoms with van der Waals surface area (Å²) in [7, 11) is 3.21. The van der Waals surface area contributed by atoms with Crippen molar-refractivity contribution in [1.29, 1.82) is 0 Å². The number of amides is 1. The molecule has 1 amide bonds.